The molecule has 1 aromatic carbocycles. The van der Waals surface area contributed by atoms with Crippen molar-refractivity contribution in [2.45, 2.75) is 38.9 Å². The lowest BCUT2D eigenvalue weighted by molar-refractivity contribution is -0.133. The number of amides is 1. The number of hydrogen-bond donors (Lipinski definition) is 0. The first-order valence-corrected chi connectivity index (χ1v) is 9.77. The van der Waals surface area contributed by atoms with Crippen molar-refractivity contribution in [3.63, 3.8) is 0 Å². The van der Waals surface area contributed by atoms with Crippen molar-refractivity contribution in [3.8, 4) is 11.5 Å². The molecule has 28 heavy (non-hydrogen) atoms. The van der Waals surface area contributed by atoms with Crippen LogP contribution in [0, 0.1) is 0 Å². The lowest BCUT2D eigenvalue weighted by Gasteiger charge is -2.31. The quantitative estimate of drug-likeness (QED) is 0.735. The van der Waals surface area contributed by atoms with E-state index in [0.717, 1.165) is 18.7 Å². The van der Waals surface area contributed by atoms with Gasteiger partial charge in [0.2, 0.25) is 5.91 Å². The number of aromatic nitrogens is 1. The van der Waals surface area contributed by atoms with Crippen molar-refractivity contribution in [2.75, 3.05) is 27.3 Å². The first kappa shape index (κ1) is 20.1. The van der Waals surface area contributed by atoms with E-state index in [0.29, 0.717) is 37.6 Å². The molecule has 1 atom stereocenters. The van der Waals surface area contributed by atoms with Gasteiger partial charge in [0.1, 0.15) is 5.69 Å². The molecule has 2 heterocycles. The molecule has 0 bridgehead atoms. The first-order valence-electron chi connectivity index (χ1n) is 9.77. The van der Waals surface area contributed by atoms with Gasteiger partial charge in [0.05, 0.1) is 14.2 Å². The molecule has 1 saturated heterocycles. The second kappa shape index (κ2) is 9.55. The fourth-order valence-electron chi connectivity index (χ4n) is 3.75. The highest BCUT2D eigenvalue weighted by molar-refractivity contribution is 5.77. The Bertz CT molecular complexity index is 782. The number of benzene rings is 1. The lowest BCUT2D eigenvalue weighted by atomic mass is 10.1. The van der Waals surface area contributed by atoms with Crippen molar-refractivity contribution in [3.05, 3.63) is 53.9 Å². The van der Waals surface area contributed by atoms with Gasteiger partial charge >= 0.3 is 0 Å². The second-order valence-corrected chi connectivity index (χ2v) is 7.05. The highest BCUT2D eigenvalue weighted by Gasteiger charge is 2.29. The molecule has 0 aliphatic carbocycles. The van der Waals surface area contributed by atoms with Gasteiger partial charge in [0, 0.05) is 50.9 Å². The number of carbonyl (C=O) groups excluding carboxylic acids is 1. The number of ether oxygens (including phenoxy) is 2. The number of methoxy groups -OCH3 is 2. The predicted octanol–water partition coefficient (Wildman–Crippen LogP) is 3.11. The summed E-state index contributed by atoms with van der Waals surface area (Å²) in [6, 6.07) is 12.2. The van der Waals surface area contributed by atoms with Gasteiger partial charge in [-0.3, -0.25) is 14.7 Å². The molecule has 0 N–H and O–H groups in total. The molecule has 1 fully saturated rings. The molecule has 0 unspecified atom stereocenters. The summed E-state index contributed by atoms with van der Waals surface area (Å²) in [7, 11) is 3.26. The summed E-state index contributed by atoms with van der Waals surface area (Å²) < 4.78 is 10.9. The van der Waals surface area contributed by atoms with Gasteiger partial charge in [-0.2, -0.15) is 0 Å². The van der Waals surface area contributed by atoms with E-state index in [1.807, 2.05) is 23.1 Å². The molecule has 1 amide bonds. The molecule has 6 heteroatoms. The molecule has 6 nitrogen and oxygen atoms in total. The molecule has 0 radical (unpaired) electrons. The highest BCUT2D eigenvalue weighted by atomic mass is 16.5. The zero-order chi connectivity index (χ0) is 19.9. The summed E-state index contributed by atoms with van der Waals surface area (Å²) in [5.41, 5.74) is 2.00. The van der Waals surface area contributed by atoms with Crippen molar-refractivity contribution in [1.82, 2.24) is 14.8 Å². The number of nitrogens with zero attached hydrogens (tertiary/aromatic N) is 3. The second-order valence-electron chi connectivity index (χ2n) is 7.05. The molecule has 0 spiro atoms. The maximum Gasteiger partial charge on any atom is 0.224 e. The average molecular weight is 383 g/mol. The Balaban J connectivity index is 1.76. The minimum Gasteiger partial charge on any atom is -0.493 e. The van der Waals surface area contributed by atoms with Crippen LogP contribution in [0.2, 0.25) is 0 Å². The van der Waals surface area contributed by atoms with Gasteiger partial charge in [-0.1, -0.05) is 37.3 Å². The maximum atomic E-state index is 12.8. The van der Waals surface area contributed by atoms with Gasteiger partial charge < -0.3 is 14.4 Å². The molecular formula is C22H29N3O3. The molecular weight excluding hydrogens is 354 g/mol. The lowest BCUT2D eigenvalue weighted by Crippen LogP contribution is -2.42. The summed E-state index contributed by atoms with van der Waals surface area (Å²) in [5, 5.41) is 0. The Labute approximate surface area is 167 Å². The number of carbonyl (C=O) groups is 1. The van der Waals surface area contributed by atoms with Crippen LogP contribution in [-0.4, -0.2) is 54.0 Å². The minimum absolute atomic E-state index is 0.173. The van der Waals surface area contributed by atoms with Crippen LogP contribution in [-0.2, 0) is 17.9 Å². The third-order valence-electron chi connectivity index (χ3n) is 5.28. The zero-order valence-electron chi connectivity index (χ0n) is 16.9. The van der Waals surface area contributed by atoms with E-state index in [1.165, 1.54) is 5.56 Å². The van der Waals surface area contributed by atoms with Gasteiger partial charge in [0.15, 0.2) is 11.5 Å². The maximum absolute atomic E-state index is 12.8. The molecule has 0 saturated carbocycles. The topological polar surface area (TPSA) is 54.9 Å². The third kappa shape index (κ3) is 4.62. The summed E-state index contributed by atoms with van der Waals surface area (Å²) in [6.07, 6.45) is 3.16. The van der Waals surface area contributed by atoms with Crippen LogP contribution in [0.3, 0.4) is 0 Å². The zero-order valence-corrected chi connectivity index (χ0v) is 16.9. The first-order chi connectivity index (χ1) is 13.7. The number of rotatable bonds is 7. The van der Waals surface area contributed by atoms with Crippen LogP contribution >= 0.6 is 0 Å². The molecule has 3 rings (SSSR count). The minimum atomic E-state index is 0.173. The molecule has 1 aliphatic rings. The Morgan fingerprint density at radius 2 is 1.89 bits per heavy atom. The summed E-state index contributed by atoms with van der Waals surface area (Å²) in [5.74, 6) is 1.55. The largest absolute Gasteiger partial charge is 0.493 e. The number of hydrogen-bond acceptors (Lipinski definition) is 5. The fourth-order valence-corrected chi connectivity index (χ4v) is 3.75. The molecule has 1 aromatic heterocycles. The Morgan fingerprint density at radius 1 is 1.11 bits per heavy atom. The van der Waals surface area contributed by atoms with E-state index >= 15 is 0 Å². The predicted molar refractivity (Wildman–Crippen MR) is 108 cm³/mol. The molecule has 2 aromatic rings. The van der Waals surface area contributed by atoms with Crippen LogP contribution in [0.1, 0.15) is 31.0 Å². The van der Waals surface area contributed by atoms with E-state index in [2.05, 4.69) is 28.9 Å². The van der Waals surface area contributed by atoms with Crippen LogP contribution in [0.15, 0.2) is 42.6 Å². The van der Waals surface area contributed by atoms with Crippen LogP contribution < -0.4 is 9.47 Å². The van der Waals surface area contributed by atoms with Crippen molar-refractivity contribution < 1.29 is 14.3 Å². The smallest absolute Gasteiger partial charge is 0.224 e. The van der Waals surface area contributed by atoms with Gasteiger partial charge in [0.25, 0.3) is 0 Å². The SMILES string of the molecule is CC[C@@H]1CN(Cc2nccc(OC)c2OC)CCC(=O)N1Cc1ccccc1. The van der Waals surface area contributed by atoms with Gasteiger partial charge in [-0.25, -0.2) is 0 Å². The normalized spacial score (nSPS) is 18.0. The van der Waals surface area contributed by atoms with E-state index < -0.39 is 0 Å². The third-order valence-corrected chi connectivity index (χ3v) is 5.28. The highest BCUT2D eigenvalue weighted by Crippen LogP contribution is 2.30. The van der Waals surface area contributed by atoms with E-state index in [-0.39, 0.29) is 11.9 Å². The van der Waals surface area contributed by atoms with Gasteiger partial charge in [-0.05, 0) is 12.0 Å². The summed E-state index contributed by atoms with van der Waals surface area (Å²) in [6.45, 7) is 4.96. The van der Waals surface area contributed by atoms with Crippen LogP contribution in [0.5, 0.6) is 11.5 Å². The fraction of sp³-hybridized carbons (Fsp3) is 0.455. The summed E-state index contributed by atoms with van der Waals surface area (Å²) >= 11 is 0. The molecule has 150 valence electrons. The standard InChI is InChI=1S/C22H29N3O3/c1-4-18-15-24(16-19-22(28-3)20(27-2)10-12-23-19)13-11-21(26)25(18)14-17-8-6-5-7-9-17/h5-10,12,18H,4,11,13-16H2,1-3H3/t18-/m1/s1. The molecule has 1 aliphatic heterocycles. The van der Waals surface area contributed by atoms with Gasteiger partial charge in [-0.15, -0.1) is 0 Å². The summed E-state index contributed by atoms with van der Waals surface area (Å²) in [4.78, 5) is 21.7. The van der Waals surface area contributed by atoms with Crippen LogP contribution in [0.25, 0.3) is 0 Å². The van der Waals surface area contributed by atoms with Crippen molar-refractivity contribution in [1.29, 1.82) is 0 Å². The van der Waals surface area contributed by atoms with E-state index in [9.17, 15) is 4.79 Å². The van der Waals surface area contributed by atoms with E-state index in [1.54, 1.807) is 26.5 Å². The van der Waals surface area contributed by atoms with Crippen molar-refractivity contribution in [2.24, 2.45) is 0 Å². The average Bonchev–Trinajstić information content (AvgIpc) is 2.88. The Kier molecular flexibility index (Phi) is 6.87. The Morgan fingerprint density at radius 3 is 2.57 bits per heavy atom. The van der Waals surface area contributed by atoms with Crippen molar-refractivity contribution >= 4 is 5.91 Å². The van der Waals surface area contributed by atoms with Crippen LogP contribution in [0.4, 0.5) is 0 Å². The van der Waals surface area contributed by atoms with E-state index in [4.69, 9.17) is 9.47 Å². The monoisotopic (exact) mass is 383 g/mol. The number of pyridine rings is 1. The Hall–Kier alpha value is -2.60.